The molecule has 0 spiro atoms. The predicted octanol–water partition coefficient (Wildman–Crippen LogP) is 4.12. The van der Waals surface area contributed by atoms with Crippen LogP contribution in [0.2, 0.25) is 5.02 Å². The number of anilines is 2. The molecule has 0 fully saturated rings. The van der Waals surface area contributed by atoms with E-state index in [1.54, 1.807) is 0 Å². The lowest BCUT2D eigenvalue weighted by atomic mass is 10.3. The topological polar surface area (TPSA) is 46.9 Å². The van der Waals surface area contributed by atoms with E-state index < -0.39 is 45.7 Å². The van der Waals surface area contributed by atoms with Gasteiger partial charge in [0.15, 0.2) is 11.5 Å². The molecule has 1 aromatic carbocycles. The first-order valence-corrected chi connectivity index (χ1v) is 6.73. The quantitative estimate of drug-likeness (QED) is 0.503. The standard InChI is InChI=1S/C14H9ClF5N3O/c1-2-5-23-10(24)6-9(14(18,19)20)22-13(23)21-8-4-3-7(16)11(15)12(8)17/h2-4,6H,1,5H2,(H,21,22). The molecule has 4 nitrogen and oxygen atoms in total. The smallest absolute Gasteiger partial charge is 0.323 e. The highest BCUT2D eigenvalue weighted by Gasteiger charge is 2.34. The Morgan fingerprint density at radius 1 is 1.33 bits per heavy atom. The van der Waals surface area contributed by atoms with Crippen molar-refractivity contribution in [3.63, 3.8) is 0 Å². The lowest BCUT2D eigenvalue weighted by Gasteiger charge is -2.15. The summed E-state index contributed by atoms with van der Waals surface area (Å²) >= 11 is 5.41. The molecule has 24 heavy (non-hydrogen) atoms. The third kappa shape index (κ3) is 3.56. The van der Waals surface area contributed by atoms with Crippen molar-refractivity contribution in [2.24, 2.45) is 0 Å². The van der Waals surface area contributed by atoms with E-state index in [4.69, 9.17) is 11.6 Å². The molecule has 1 N–H and O–H groups in total. The molecule has 10 heteroatoms. The summed E-state index contributed by atoms with van der Waals surface area (Å²) in [6, 6.07) is 2.04. The Bertz CT molecular complexity index is 848. The van der Waals surface area contributed by atoms with Gasteiger partial charge in [-0.25, -0.2) is 13.8 Å². The van der Waals surface area contributed by atoms with E-state index in [1.807, 2.05) is 0 Å². The number of allylic oxidation sites excluding steroid dienone is 1. The number of hydrogen-bond acceptors (Lipinski definition) is 3. The molecule has 0 saturated heterocycles. The van der Waals surface area contributed by atoms with E-state index in [9.17, 15) is 26.7 Å². The van der Waals surface area contributed by atoms with Crippen molar-refractivity contribution in [1.82, 2.24) is 9.55 Å². The average Bonchev–Trinajstić information content (AvgIpc) is 2.50. The van der Waals surface area contributed by atoms with Gasteiger partial charge in [-0.3, -0.25) is 9.36 Å². The molecule has 0 unspecified atom stereocenters. The first-order chi connectivity index (χ1) is 11.1. The van der Waals surface area contributed by atoms with Crippen LogP contribution in [-0.4, -0.2) is 9.55 Å². The van der Waals surface area contributed by atoms with Gasteiger partial charge >= 0.3 is 6.18 Å². The minimum atomic E-state index is -4.87. The number of nitrogens with one attached hydrogen (secondary N) is 1. The van der Waals surface area contributed by atoms with Crippen LogP contribution in [0, 0.1) is 11.6 Å². The van der Waals surface area contributed by atoms with E-state index in [2.05, 4.69) is 16.9 Å². The molecule has 0 aliphatic heterocycles. The van der Waals surface area contributed by atoms with Crippen LogP contribution in [0.15, 0.2) is 35.6 Å². The van der Waals surface area contributed by atoms with Gasteiger partial charge in [0.25, 0.3) is 5.56 Å². The molecule has 0 radical (unpaired) electrons. The van der Waals surface area contributed by atoms with Gasteiger partial charge in [-0.1, -0.05) is 17.7 Å². The van der Waals surface area contributed by atoms with Gasteiger partial charge in [0.1, 0.15) is 10.8 Å². The summed E-state index contributed by atoms with van der Waals surface area (Å²) in [7, 11) is 0. The van der Waals surface area contributed by atoms with Gasteiger partial charge in [0.2, 0.25) is 5.95 Å². The second kappa shape index (κ2) is 6.60. The molecule has 0 amide bonds. The molecular weight excluding hydrogens is 357 g/mol. The normalized spacial score (nSPS) is 11.4. The Morgan fingerprint density at radius 3 is 2.58 bits per heavy atom. The van der Waals surface area contributed by atoms with E-state index in [1.165, 1.54) is 6.08 Å². The number of nitrogens with zero attached hydrogens (tertiary/aromatic N) is 2. The lowest BCUT2D eigenvalue weighted by Crippen LogP contribution is -2.26. The maximum atomic E-state index is 13.9. The molecule has 2 rings (SSSR count). The zero-order chi connectivity index (χ0) is 18.1. The minimum Gasteiger partial charge on any atom is -0.323 e. The van der Waals surface area contributed by atoms with Gasteiger partial charge in [0, 0.05) is 12.6 Å². The van der Waals surface area contributed by atoms with Crippen molar-refractivity contribution in [2.75, 3.05) is 5.32 Å². The highest BCUT2D eigenvalue weighted by Crippen LogP contribution is 2.30. The number of aromatic nitrogens is 2. The zero-order valence-electron chi connectivity index (χ0n) is 11.8. The summed E-state index contributed by atoms with van der Waals surface area (Å²) in [6.07, 6.45) is -3.63. The van der Waals surface area contributed by atoms with Crippen LogP contribution in [0.3, 0.4) is 0 Å². The van der Waals surface area contributed by atoms with E-state index in [0.717, 1.165) is 16.7 Å². The Hall–Kier alpha value is -2.42. The molecule has 1 aromatic heterocycles. The van der Waals surface area contributed by atoms with Crippen molar-refractivity contribution in [2.45, 2.75) is 12.7 Å². The SMILES string of the molecule is C=CCn1c(Nc2ccc(F)c(Cl)c2F)nc(C(F)(F)F)cc1=O. The summed E-state index contributed by atoms with van der Waals surface area (Å²) < 4.78 is 66.3. The molecule has 0 bridgehead atoms. The van der Waals surface area contributed by atoms with Crippen LogP contribution < -0.4 is 10.9 Å². The highest BCUT2D eigenvalue weighted by atomic mass is 35.5. The van der Waals surface area contributed by atoms with Crippen LogP contribution in [0.5, 0.6) is 0 Å². The highest BCUT2D eigenvalue weighted by molar-refractivity contribution is 6.31. The van der Waals surface area contributed by atoms with E-state index in [-0.39, 0.29) is 6.54 Å². The van der Waals surface area contributed by atoms with Crippen molar-refractivity contribution < 1.29 is 22.0 Å². The largest absolute Gasteiger partial charge is 0.433 e. The summed E-state index contributed by atoms with van der Waals surface area (Å²) in [5.41, 5.74) is -2.91. The van der Waals surface area contributed by atoms with Gasteiger partial charge in [0.05, 0.1) is 5.69 Å². The van der Waals surface area contributed by atoms with Gasteiger partial charge < -0.3 is 5.32 Å². The number of rotatable bonds is 4. The van der Waals surface area contributed by atoms with Gasteiger partial charge in [-0.15, -0.1) is 6.58 Å². The fourth-order valence-electron chi connectivity index (χ4n) is 1.80. The molecular formula is C14H9ClF5N3O. The molecule has 0 aliphatic rings. The fraction of sp³-hybridized carbons (Fsp3) is 0.143. The molecule has 0 atom stereocenters. The summed E-state index contributed by atoms with van der Waals surface area (Å²) in [5.74, 6) is -2.86. The Labute approximate surface area is 137 Å². The van der Waals surface area contributed by atoms with Crippen molar-refractivity contribution in [3.8, 4) is 0 Å². The van der Waals surface area contributed by atoms with Crippen molar-refractivity contribution in [1.29, 1.82) is 0 Å². The second-order valence-corrected chi connectivity index (χ2v) is 4.93. The van der Waals surface area contributed by atoms with Crippen LogP contribution >= 0.6 is 11.6 Å². The summed E-state index contributed by atoms with van der Waals surface area (Å²) in [4.78, 5) is 15.1. The summed E-state index contributed by atoms with van der Waals surface area (Å²) in [6.45, 7) is 3.20. The van der Waals surface area contributed by atoms with Crippen LogP contribution in [0.1, 0.15) is 5.69 Å². The van der Waals surface area contributed by atoms with Crippen LogP contribution in [0.4, 0.5) is 33.6 Å². The van der Waals surface area contributed by atoms with Crippen molar-refractivity contribution in [3.05, 3.63) is 63.6 Å². The number of hydrogen-bond donors (Lipinski definition) is 1. The maximum Gasteiger partial charge on any atom is 0.433 e. The maximum absolute atomic E-state index is 13.9. The fourth-order valence-corrected chi connectivity index (χ4v) is 1.96. The van der Waals surface area contributed by atoms with Crippen LogP contribution in [0.25, 0.3) is 0 Å². The van der Waals surface area contributed by atoms with E-state index in [0.29, 0.717) is 6.07 Å². The predicted molar refractivity (Wildman–Crippen MR) is 78.3 cm³/mol. The molecule has 2 aromatic rings. The Kier molecular flexibility index (Phi) is 4.93. The monoisotopic (exact) mass is 365 g/mol. The molecule has 1 heterocycles. The first kappa shape index (κ1) is 17.9. The zero-order valence-corrected chi connectivity index (χ0v) is 12.6. The lowest BCUT2D eigenvalue weighted by molar-refractivity contribution is -0.141. The van der Waals surface area contributed by atoms with Crippen molar-refractivity contribution >= 4 is 23.2 Å². The minimum absolute atomic E-state index is 0.178. The number of benzene rings is 1. The molecule has 0 saturated carbocycles. The third-order valence-electron chi connectivity index (χ3n) is 2.89. The number of halogens is 6. The molecule has 0 aliphatic carbocycles. The van der Waals surface area contributed by atoms with Crippen LogP contribution in [-0.2, 0) is 12.7 Å². The van der Waals surface area contributed by atoms with Gasteiger partial charge in [-0.2, -0.15) is 13.2 Å². The molecule has 128 valence electrons. The number of alkyl halides is 3. The Morgan fingerprint density at radius 2 is 2.00 bits per heavy atom. The first-order valence-electron chi connectivity index (χ1n) is 6.35. The third-order valence-corrected chi connectivity index (χ3v) is 3.24. The second-order valence-electron chi connectivity index (χ2n) is 4.55. The van der Waals surface area contributed by atoms with E-state index >= 15 is 0 Å². The Balaban J connectivity index is 2.60. The van der Waals surface area contributed by atoms with Gasteiger partial charge in [-0.05, 0) is 12.1 Å². The summed E-state index contributed by atoms with van der Waals surface area (Å²) in [5, 5.41) is 1.38. The average molecular weight is 366 g/mol.